The summed E-state index contributed by atoms with van der Waals surface area (Å²) >= 11 is 0. The molecule has 1 aromatic heterocycles. The molecule has 2 rings (SSSR count). The average molecular weight is 199 g/mol. The van der Waals surface area contributed by atoms with Gasteiger partial charge in [0.15, 0.2) is 23.7 Å². The fourth-order valence-corrected chi connectivity index (χ4v) is 1.31. The van der Waals surface area contributed by atoms with Crippen LogP contribution in [0, 0.1) is 17.5 Å². The molecule has 0 spiro atoms. The maximum absolute atomic E-state index is 13.1. The summed E-state index contributed by atoms with van der Waals surface area (Å²) in [4.78, 5) is 12.9. The van der Waals surface area contributed by atoms with Crippen LogP contribution in [0.2, 0.25) is 0 Å². The Labute approximate surface area is 76.3 Å². The topological polar surface area (TPSA) is 32.9 Å². The Hall–Kier alpha value is -1.78. The fourth-order valence-electron chi connectivity index (χ4n) is 1.31. The highest BCUT2D eigenvalue weighted by atomic mass is 19.2. The zero-order valence-electron chi connectivity index (χ0n) is 6.77. The van der Waals surface area contributed by atoms with Crippen molar-refractivity contribution in [3.63, 3.8) is 0 Å². The van der Waals surface area contributed by atoms with Crippen LogP contribution in [-0.4, -0.2) is 11.3 Å². The minimum Gasteiger partial charge on any atom is -0.360 e. The normalized spacial score (nSPS) is 10.8. The van der Waals surface area contributed by atoms with Crippen LogP contribution in [0.25, 0.3) is 10.9 Å². The van der Waals surface area contributed by atoms with Gasteiger partial charge in [0.1, 0.15) is 0 Å². The van der Waals surface area contributed by atoms with Crippen molar-refractivity contribution in [1.29, 1.82) is 0 Å². The first-order chi connectivity index (χ1) is 6.65. The Morgan fingerprint density at radius 3 is 2.57 bits per heavy atom. The van der Waals surface area contributed by atoms with Crippen molar-refractivity contribution in [2.24, 2.45) is 0 Å². The van der Waals surface area contributed by atoms with Gasteiger partial charge in [-0.3, -0.25) is 4.79 Å². The fraction of sp³-hybridized carbons (Fsp3) is 0. The van der Waals surface area contributed by atoms with Crippen molar-refractivity contribution in [3.05, 3.63) is 35.3 Å². The van der Waals surface area contributed by atoms with E-state index in [-0.39, 0.29) is 16.5 Å². The van der Waals surface area contributed by atoms with E-state index < -0.39 is 17.5 Å². The zero-order chi connectivity index (χ0) is 10.3. The van der Waals surface area contributed by atoms with Crippen LogP contribution in [0.4, 0.5) is 13.2 Å². The van der Waals surface area contributed by atoms with E-state index in [1.54, 1.807) is 0 Å². The number of hydrogen-bond acceptors (Lipinski definition) is 1. The lowest BCUT2D eigenvalue weighted by Crippen LogP contribution is -1.92. The Balaban J connectivity index is 2.95. The summed E-state index contributed by atoms with van der Waals surface area (Å²) in [5.41, 5.74) is 0.0277. The zero-order valence-corrected chi connectivity index (χ0v) is 6.77. The minimum atomic E-state index is -1.57. The largest absolute Gasteiger partial charge is 0.360 e. The molecule has 0 atom stereocenters. The molecule has 0 amide bonds. The van der Waals surface area contributed by atoms with Crippen molar-refractivity contribution in [2.75, 3.05) is 0 Å². The molecule has 1 heterocycles. The van der Waals surface area contributed by atoms with Gasteiger partial charge in [-0.05, 0) is 0 Å². The second-order valence-corrected chi connectivity index (χ2v) is 2.77. The molecule has 1 aromatic carbocycles. The predicted octanol–water partition coefficient (Wildman–Crippen LogP) is 2.40. The second-order valence-electron chi connectivity index (χ2n) is 2.77. The maximum Gasteiger partial charge on any atom is 0.195 e. The van der Waals surface area contributed by atoms with E-state index in [1.807, 2.05) is 0 Å². The lowest BCUT2D eigenvalue weighted by molar-refractivity contribution is 0.112. The Kier molecular flexibility index (Phi) is 1.80. The van der Waals surface area contributed by atoms with Gasteiger partial charge in [0, 0.05) is 23.2 Å². The molecule has 0 unspecified atom stereocenters. The number of carbonyl (C=O) groups is 1. The summed E-state index contributed by atoms with van der Waals surface area (Å²) in [6.45, 7) is 0. The molecule has 0 saturated heterocycles. The minimum absolute atomic E-state index is 0.0311. The van der Waals surface area contributed by atoms with Gasteiger partial charge in [0.05, 0.1) is 5.52 Å². The van der Waals surface area contributed by atoms with Gasteiger partial charge in [0.2, 0.25) is 0 Å². The standard InChI is InChI=1S/C9H4F3NO/c10-5-1-6-7(9(12)8(5)11)4(3-14)2-13-6/h1-3,13H. The Morgan fingerprint density at radius 1 is 1.21 bits per heavy atom. The van der Waals surface area contributed by atoms with Crippen LogP contribution in [0.1, 0.15) is 10.4 Å². The van der Waals surface area contributed by atoms with Gasteiger partial charge in [-0.2, -0.15) is 0 Å². The van der Waals surface area contributed by atoms with Gasteiger partial charge >= 0.3 is 0 Å². The summed E-state index contributed by atoms with van der Waals surface area (Å²) in [5, 5.41) is -0.223. The Morgan fingerprint density at radius 2 is 1.93 bits per heavy atom. The lowest BCUT2D eigenvalue weighted by Gasteiger charge is -1.97. The van der Waals surface area contributed by atoms with Crippen molar-refractivity contribution < 1.29 is 18.0 Å². The molecule has 5 heteroatoms. The number of aromatic amines is 1. The van der Waals surface area contributed by atoms with Crippen LogP contribution in [-0.2, 0) is 0 Å². The molecule has 0 saturated carbocycles. The molecule has 0 aliphatic rings. The third kappa shape index (κ3) is 1.02. The van der Waals surface area contributed by atoms with Crippen molar-refractivity contribution >= 4 is 17.2 Å². The van der Waals surface area contributed by atoms with Crippen LogP contribution in [0.3, 0.4) is 0 Å². The molecule has 0 radical (unpaired) electrons. The molecule has 14 heavy (non-hydrogen) atoms. The molecule has 0 aliphatic heterocycles. The second kappa shape index (κ2) is 2.87. The average Bonchev–Trinajstić information content (AvgIpc) is 2.57. The van der Waals surface area contributed by atoms with E-state index in [1.165, 1.54) is 6.20 Å². The van der Waals surface area contributed by atoms with Gasteiger partial charge < -0.3 is 4.98 Å². The number of fused-ring (bicyclic) bond motifs is 1. The van der Waals surface area contributed by atoms with Gasteiger partial charge in [0.25, 0.3) is 0 Å². The van der Waals surface area contributed by atoms with Gasteiger partial charge in [-0.1, -0.05) is 0 Å². The first kappa shape index (κ1) is 8.80. The molecule has 1 N–H and O–H groups in total. The SMILES string of the molecule is O=Cc1c[nH]c2cc(F)c(F)c(F)c12. The first-order valence-corrected chi connectivity index (χ1v) is 3.75. The highest BCUT2D eigenvalue weighted by Gasteiger charge is 2.16. The quantitative estimate of drug-likeness (QED) is 0.555. The molecule has 0 bridgehead atoms. The molecule has 0 fully saturated rings. The van der Waals surface area contributed by atoms with Crippen molar-refractivity contribution in [3.8, 4) is 0 Å². The van der Waals surface area contributed by atoms with E-state index >= 15 is 0 Å². The summed E-state index contributed by atoms with van der Waals surface area (Å²) in [6, 6.07) is 0.806. The van der Waals surface area contributed by atoms with Crippen molar-refractivity contribution in [2.45, 2.75) is 0 Å². The summed E-state index contributed by atoms with van der Waals surface area (Å²) in [6.07, 6.45) is 1.57. The van der Waals surface area contributed by atoms with E-state index in [4.69, 9.17) is 0 Å². The molecular weight excluding hydrogens is 195 g/mol. The highest BCUT2D eigenvalue weighted by molar-refractivity contribution is 5.97. The summed E-state index contributed by atoms with van der Waals surface area (Å²) in [7, 11) is 0. The van der Waals surface area contributed by atoms with Crippen molar-refractivity contribution in [1.82, 2.24) is 4.98 Å². The number of aromatic nitrogens is 1. The van der Waals surface area contributed by atoms with Crippen LogP contribution >= 0.6 is 0 Å². The predicted molar refractivity (Wildman–Crippen MR) is 43.6 cm³/mol. The number of nitrogens with one attached hydrogen (secondary N) is 1. The molecular formula is C9H4F3NO. The number of hydrogen-bond donors (Lipinski definition) is 1. The number of aldehydes is 1. The summed E-state index contributed by atoms with van der Waals surface area (Å²) in [5.74, 6) is -4.20. The molecule has 2 aromatic rings. The molecule has 72 valence electrons. The smallest absolute Gasteiger partial charge is 0.195 e. The lowest BCUT2D eigenvalue weighted by atomic mass is 10.1. The number of rotatable bonds is 1. The number of carbonyl (C=O) groups excluding carboxylic acids is 1. The number of H-pyrrole nitrogens is 1. The van der Waals surface area contributed by atoms with E-state index in [0.717, 1.165) is 6.07 Å². The van der Waals surface area contributed by atoms with E-state index in [9.17, 15) is 18.0 Å². The van der Waals surface area contributed by atoms with Crippen LogP contribution in [0.5, 0.6) is 0 Å². The first-order valence-electron chi connectivity index (χ1n) is 3.75. The monoisotopic (exact) mass is 199 g/mol. The van der Waals surface area contributed by atoms with Gasteiger partial charge in [-0.25, -0.2) is 13.2 Å². The number of benzene rings is 1. The highest BCUT2D eigenvalue weighted by Crippen LogP contribution is 2.24. The molecule has 0 aliphatic carbocycles. The Bertz CT molecular complexity index is 518. The van der Waals surface area contributed by atoms with Crippen LogP contribution in [0.15, 0.2) is 12.3 Å². The third-order valence-electron chi connectivity index (χ3n) is 1.96. The van der Waals surface area contributed by atoms with E-state index in [2.05, 4.69) is 4.98 Å². The van der Waals surface area contributed by atoms with E-state index in [0.29, 0.717) is 6.29 Å². The summed E-state index contributed by atoms with van der Waals surface area (Å²) < 4.78 is 38.6. The molecule has 2 nitrogen and oxygen atoms in total. The van der Waals surface area contributed by atoms with Gasteiger partial charge in [-0.15, -0.1) is 0 Å². The maximum atomic E-state index is 13.1. The van der Waals surface area contributed by atoms with Crippen LogP contribution < -0.4 is 0 Å². The third-order valence-corrected chi connectivity index (χ3v) is 1.96. The number of halogens is 3.